The van der Waals surface area contributed by atoms with E-state index in [-0.39, 0.29) is 0 Å². The zero-order valence-corrected chi connectivity index (χ0v) is 30.5. The quantitative estimate of drug-likeness (QED) is 0.172. The largest absolute Gasteiger partial charge is 0.309 e. The van der Waals surface area contributed by atoms with Crippen LogP contribution in [0.2, 0.25) is 0 Å². The van der Waals surface area contributed by atoms with Gasteiger partial charge in [0.1, 0.15) is 0 Å². The normalized spacial score (nSPS) is 13.1. The Morgan fingerprint density at radius 2 is 0.946 bits per heavy atom. The highest BCUT2D eigenvalue weighted by atomic mass is 15.2. The number of allylic oxidation sites excluding steroid dienone is 4. The lowest BCUT2D eigenvalue weighted by Crippen LogP contribution is -2.09. The van der Waals surface area contributed by atoms with E-state index in [0.29, 0.717) is 17.6 Å². The summed E-state index contributed by atoms with van der Waals surface area (Å²) in [6.45, 7) is 0. The maximum absolute atomic E-state index is 5.37. The number of nitrogens with zero attached hydrogens (tertiary/aromatic N) is 5. The Labute approximate surface area is 324 Å². The van der Waals surface area contributed by atoms with Gasteiger partial charge in [0, 0.05) is 32.7 Å². The van der Waals surface area contributed by atoms with E-state index in [1.807, 2.05) is 18.2 Å². The topological polar surface area (TPSA) is 48.5 Å². The Kier molecular flexibility index (Phi) is 7.56. The first kappa shape index (κ1) is 32.1. The Bertz CT molecular complexity index is 3170. The molecule has 0 unspecified atom stereocenters. The minimum atomic E-state index is 0.604. The molecule has 3 heterocycles. The Morgan fingerprint density at radius 1 is 0.375 bits per heavy atom. The third kappa shape index (κ3) is 5.20. The molecule has 1 aliphatic carbocycles. The summed E-state index contributed by atoms with van der Waals surface area (Å²) in [4.78, 5) is 15.8. The molecule has 0 fully saturated rings. The summed E-state index contributed by atoms with van der Waals surface area (Å²) in [6.07, 6.45) is 6.18. The van der Waals surface area contributed by atoms with Gasteiger partial charge < -0.3 is 4.57 Å². The van der Waals surface area contributed by atoms with Crippen molar-refractivity contribution in [2.75, 3.05) is 0 Å². The highest BCUT2D eigenvalue weighted by Gasteiger charge is 2.24. The fraction of sp³-hybridized carbons (Fsp3) is 0.0392. The lowest BCUT2D eigenvalue weighted by molar-refractivity contribution is 0.917. The van der Waals surface area contributed by atoms with Crippen LogP contribution in [0.25, 0.3) is 88.9 Å². The summed E-state index contributed by atoms with van der Waals surface area (Å²) < 4.78 is 4.70. The fourth-order valence-corrected chi connectivity index (χ4v) is 8.55. The van der Waals surface area contributed by atoms with E-state index in [2.05, 4.69) is 179 Å². The number of fused-ring (bicyclic) bond motifs is 7. The summed E-state index contributed by atoms with van der Waals surface area (Å²) >= 11 is 0. The van der Waals surface area contributed by atoms with Crippen molar-refractivity contribution in [3.05, 3.63) is 199 Å². The molecule has 0 N–H and O–H groups in total. The van der Waals surface area contributed by atoms with Crippen LogP contribution in [0.4, 0.5) is 0 Å². The molecule has 0 aliphatic heterocycles. The summed E-state index contributed by atoms with van der Waals surface area (Å²) in [5, 5.41) is 4.64. The third-order valence-electron chi connectivity index (χ3n) is 11.1. The van der Waals surface area contributed by atoms with Gasteiger partial charge in [-0.2, -0.15) is 9.97 Å². The predicted octanol–water partition coefficient (Wildman–Crippen LogP) is 12.7. The first-order valence-corrected chi connectivity index (χ1v) is 19.2. The summed E-state index contributed by atoms with van der Waals surface area (Å²) in [6, 6.07) is 62.2. The number of benzene rings is 7. The van der Waals surface area contributed by atoms with E-state index in [1.54, 1.807) is 0 Å². The molecule has 56 heavy (non-hydrogen) atoms. The average Bonchev–Trinajstić information content (AvgIpc) is 3.80. The summed E-state index contributed by atoms with van der Waals surface area (Å²) in [5.74, 6) is 1.96. The van der Waals surface area contributed by atoms with E-state index in [1.165, 1.54) is 27.6 Å². The molecule has 10 aromatic rings. The molecule has 0 saturated carbocycles. The molecular formula is C51H35N5. The van der Waals surface area contributed by atoms with Gasteiger partial charge in [0.25, 0.3) is 0 Å². The molecule has 0 atom stereocenters. The molecule has 0 bridgehead atoms. The minimum Gasteiger partial charge on any atom is -0.309 e. The van der Waals surface area contributed by atoms with Crippen LogP contribution >= 0.6 is 0 Å². The standard InChI is InChI=1S/C51H35N5/c1-4-16-34(17-5-1)35-28-30-38(31-29-35)50-52-49(37-20-8-3-9-21-37)53-51(54-50)56-44-26-14-11-23-40(44)41-32-33-46-47(48(41)56)42-24-12-15-27-45(42)55(46)43-25-13-10-22-39(43)36-18-6-2-7-19-36/h1-28,30,32-33H,29,31H2. The molecule has 3 aromatic heterocycles. The Morgan fingerprint density at radius 3 is 1.68 bits per heavy atom. The van der Waals surface area contributed by atoms with Crippen molar-refractivity contribution >= 4 is 54.8 Å². The molecule has 0 amide bonds. The highest BCUT2D eigenvalue weighted by molar-refractivity contribution is 6.26. The van der Waals surface area contributed by atoms with Crippen LogP contribution < -0.4 is 0 Å². The molecule has 0 saturated heterocycles. The molecule has 5 heteroatoms. The van der Waals surface area contributed by atoms with Crippen molar-refractivity contribution < 1.29 is 0 Å². The van der Waals surface area contributed by atoms with Crippen molar-refractivity contribution in [1.82, 2.24) is 24.1 Å². The summed E-state index contributed by atoms with van der Waals surface area (Å²) in [5.41, 5.74) is 12.5. The second kappa shape index (κ2) is 13.2. The number of hydrogen-bond acceptors (Lipinski definition) is 3. The van der Waals surface area contributed by atoms with Crippen molar-refractivity contribution in [2.45, 2.75) is 12.8 Å². The van der Waals surface area contributed by atoms with E-state index in [9.17, 15) is 0 Å². The van der Waals surface area contributed by atoms with Crippen LogP contribution in [0.5, 0.6) is 0 Å². The van der Waals surface area contributed by atoms with Crippen LogP contribution in [0.15, 0.2) is 188 Å². The van der Waals surface area contributed by atoms with Crippen LogP contribution in [0.1, 0.15) is 24.2 Å². The molecule has 11 rings (SSSR count). The molecule has 0 radical (unpaired) electrons. The van der Waals surface area contributed by atoms with Gasteiger partial charge in [0.15, 0.2) is 11.6 Å². The highest BCUT2D eigenvalue weighted by Crippen LogP contribution is 2.43. The van der Waals surface area contributed by atoms with Gasteiger partial charge in [0.2, 0.25) is 5.95 Å². The second-order valence-electron chi connectivity index (χ2n) is 14.3. The molecular weight excluding hydrogens is 683 g/mol. The number of rotatable bonds is 6. The number of aromatic nitrogens is 5. The summed E-state index contributed by atoms with van der Waals surface area (Å²) in [7, 11) is 0. The third-order valence-corrected chi connectivity index (χ3v) is 11.1. The maximum atomic E-state index is 5.37. The smallest absolute Gasteiger partial charge is 0.238 e. The second-order valence-corrected chi connectivity index (χ2v) is 14.3. The van der Waals surface area contributed by atoms with Gasteiger partial charge in [0.05, 0.1) is 27.8 Å². The first-order valence-electron chi connectivity index (χ1n) is 19.2. The van der Waals surface area contributed by atoms with E-state index in [4.69, 9.17) is 15.0 Å². The lowest BCUT2D eigenvalue weighted by Gasteiger charge is -2.16. The average molecular weight is 718 g/mol. The Balaban J connectivity index is 1.21. The Hall–Kier alpha value is -7.37. The van der Waals surface area contributed by atoms with Gasteiger partial charge in [-0.3, -0.25) is 4.57 Å². The lowest BCUT2D eigenvalue weighted by atomic mass is 9.93. The first-order chi connectivity index (χ1) is 27.8. The zero-order chi connectivity index (χ0) is 37.0. The molecule has 264 valence electrons. The zero-order valence-electron chi connectivity index (χ0n) is 30.5. The van der Waals surface area contributed by atoms with Gasteiger partial charge in [-0.25, -0.2) is 4.98 Å². The van der Waals surface area contributed by atoms with Gasteiger partial charge in [-0.05, 0) is 59.4 Å². The fourth-order valence-electron chi connectivity index (χ4n) is 8.55. The van der Waals surface area contributed by atoms with Crippen LogP contribution in [-0.4, -0.2) is 24.1 Å². The van der Waals surface area contributed by atoms with Gasteiger partial charge in [-0.15, -0.1) is 0 Å². The number of para-hydroxylation sites is 3. The van der Waals surface area contributed by atoms with Crippen molar-refractivity contribution in [2.24, 2.45) is 0 Å². The predicted molar refractivity (Wildman–Crippen MR) is 231 cm³/mol. The van der Waals surface area contributed by atoms with Gasteiger partial charge in [-0.1, -0.05) is 164 Å². The number of hydrogen-bond donors (Lipinski definition) is 0. The molecule has 7 aromatic carbocycles. The van der Waals surface area contributed by atoms with E-state index < -0.39 is 0 Å². The monoisotopic (exact) mass is 717 g/mol. The van der Waals surface area contributed by atoms with Gasteiger partial charge >= 0.3 is 0 Å². The molecule has 1 aliphatic rings. The maximum Gasteiger partial charge on any atom is 0.238 e. The molecule has 5 nitrogen and oxygen atoms in total. The van der Waals surface area contributed by atoms with Crippen molar-refractivity contribution in [3.8, 4) is 34.2 Å². The SMILES string of the molecule is C1=C(c2ccccc2)CCC(c2nc(-c3ccccc3)nc(-n3c4ccccc4c4ccc5c(c6ccccc6n5-c5ccccc5-c5ccccc5)c43)n2)=C1. The minimum absolute atomic E-state index is 0.604. The van der Waals surface area contributed by atoms with Crippen LogP contribution in [-0.2, 0) is 0 Å². The van der Waals surface area contributed by atoms with Crippen LogP contribution in [0, 0.1) is 0 Å². The van der Waals surface area contributed by atoms with Crippen molar-refractivity contribution in [3.63, 3.8) is 0 Å². The van der Waals surface area contributed by atoms with E-state index >= 15 is 0 Å². The van der Waals surface area contributed by atoms with E-state index in [0.717, 1.165) is 67.9 Å². The van der Waals surface area contributed by atoms with Crippen molar-refractivity contribution in [1.29, 1.82) is 0 Å². The van der Waals surface area contributed by atoms with Crippen LogP contribution in [0.3, 0.4) is 0 Å². The molecule has 0 spiro atoms.